The zero-order valence-corrected chi connectivity index (χ0v) is 36.2. The van der Waals surface area contributed by atoms with Crippen molar-refractivity contribution in [2.75, 3.05) is 38.6 Å². The van der Waals surface area contributed by atoms with E-state index in [1.165, 1.54) is 17.7 Å². The molecule has 0 saturated carbocycles. The number of likely N-dealkylation sites (tertiary alicyclic amines) is 1. The van der Waals surface area contributed by atoms with Gasteiger partial charge in [-0.15, -0.1) is 11.3 Å². The van der Waals surface area contributed by atoms with Crippen LogP contribution in [-0.4, -0.2) is 66.6 Å². The third-order valence-corrected chi connectivity index (χ3v) is 12.4. The number of carbonyl (C=O) groups is 3. The number of phenolic OH excluding ortho intramolecular Hbond substituents is 1. The smallest absolute Gasteiger partial charge is 0.317 e. The molecule has 2 atom stereocenters. The molecule has 6 aromatic rings. The SMILES string of the molecule is CNc1c(O)ccc(C(O)CNCc2ccc(C(=O)NCc3cc(-c4cccc(C(C(=O)OCC5CCN(Cc6ccccc6)CC5)c5ccccc5)c4)cs3)cc2)c1/C=C\C=O. The first-order valence-electron chi connectivity index (χ1n) is 21.4. The monoisotopic (exact) mass is 862 g/mol. The molecule has 1 saturated heterocycles. The Bertz CT molecular complexity index is 2460. The molecule has 0 aliphatic carbocycles. The van der Waals surface area contributed by atoms with Gasteiger partial charge < -0.3 is 30.9 Å². The zero-order valence-electron chi connectivity index (χ0n) is 35.4. The second-order valence-electron chi connectivity index (χ2n) is 15.8. The fraction of sp³-hybridized carbons (Fsp3) is 0.250. The lowest BCUT2D eigenvalue weighted by atomic mass is 9.89. The summed E-state index contributed by atoms with van der Waals surface area (Å²) in [6.45, 7) is 4.38. The maximum atomic E-state index is 13.9. The number of anilines is 1. The number of nitrogens with one attached hydrogen (secondary N) is 3. The fourth-order valence-electron chi connectivity index (χ4n) is 8.07. The van der Waals surface area contributed by atoms with Gasteiger partial charge in [0.1, 0.15) is 18.0 Å². The number of thiophene rings is 1. The summed E-state index contributed by atoms with van der Waals surface area (Å²) in [4.78, 5) is 41.5. The summed E-state index contributed by atoms with van der Waals surface area (Å²) in [5.41, 5.74) is 8.06. The lowest BCUT2D eigenvalue weighted by Crippen LogP contribution is -2.35. The third-order valence-electron chi connectivity index (χ3n) is 11.5. The number of esters is 1. The number of hydrogen-bond acceptors (Lipinski definition) is 10. The molecule has 10 nitrogen and oxygen atoms in total. The first kappa shape index (κ1) is 44.7. The van der Waals surface area contributed by atoms with Crippen LogP contribution in [0.25, 0.3) is 17.2 Å². The van der Waals surface area contributed by atoms with E-state index >= 15 is 0 Å². The lowest BCUT2D eigenvalue weighted by Gasteiger charge is -2.32. The number of benzene rings is 5. The molecule has 11 heteroatoms. The van der Waals surface area contributed by atoms with Crippen molar-refractivity contribution in [3.63, 3.8) is 0 Å². The standard InChI is InChI=1S/C52H54N4O6S/c1-53-50-46(16-9-27-57)45(21-22-47(50)58)48(59)32-54-30-36-17-19-40(20-18-36)51(60)55-31-44-29-43(35-63-44)41-14-8-15-42(28-41)49(39-12-6-3-7-13-39)52(61)62-34-38-23-25-56(26-24-38)33-37-10-4-2-5-11-37/h2-22,27-29,35,38,48-49,53-54,58-59H,23-26,30-34H2,1H3,(H,55,60)/b16-9-. The van der Waals surface area contributed by atoms with Gasteiger partial charge in [-0.2, -0.15) is 0 Å². The quantitative estimate of drug-likeness (QED) is 0.0234. The Morgan fingerprint density at radius 3 is 2.30 bits per heavy atom. The molecule has 1 fully saturated rings. The fourth-order valence-corrected chi connectivity index (χ4v) is 8.90. The largest absolute Gasteiger partial charge is 0.506 e. The van der Waals surface area contributed by atoms with Gasteiger partial charge in [0.2, 0.25) is 0 Å². The highest BCUT2D eigenvalue weighted by Gasteiger charge is 2.27. The number of phenols is 1. The number of allylic oxidation sites excluding steroid dienone is 1. The van der Waals surface area contributed by atoms with Crippen molar-refractivity contribution in [2.45, 2.75) is 44.5 Å². The Kier molecular flexibility index (Phi) is 15.7. The minimum Gasteiger partial charge on any atom is -0.506 e. The summed E-state index contributed by atoms with van der Waals surface area (Å²) >= 11 is 1.57. The van der Waals surface area contributed by atoms with Crippen LogP contribution in [0.1, 0.15) is 73.5 Å². The number of aliphatic hydroxyl groups excluding tert-OH is 1. The Balaban J connectivity index is 0.910. The van der Waals surface area contributed by atoms with Gasteiger partial charge in [0, 0.05) is 42.7 Å². The van der Waals surface area contributed by atoms with Crippen LogP contribution in [0.15, 0.2) is 139 Å². The maximum Gasteiger partial charge on any atom is 0.317 e. The summed E-state index contributed by atoms with van der Waals surface area (Å²) in [7, 11) is 1.66. The Morgan fingerprint density at radius 1 is 0.841 bits per heavy atom. The molecule has 0 spiro atoms. The topological polar surface area (TPSA) is 140 Å². The second kappa shape index (κ2) is 22.1. The zero-order chi connectivity index (χ0) is 44.0. The van der Waals surface area contributed by atoms with Gasteiger partial charge >= 0.3 is 5.97 Å². The summed E-state index contributed by atoms with van der Waals surface area (Å²) in [5, 5.41) is 32.5. The van der Waals surface area contributed by atoms with Crippen LogP contribution in [0, 0.1) is 5.92 Å². The highest BCUT2D eigenvalue weighted by atomic mass is 32.1. The van der Waals surface area contributed by atoms with Gasteiger partial charge in [-0.25, -0.2) is 0 Å². The average molecular weight is 863 g/mol. The van der Waals surface area contributed by atoms with Gasteiger partial charge in [0.25, 0.3) is 5.91 Å². The molecule has 324 valence electrons. The van der Waals surface area contributed by atoms with Crippen molar-refractivity contribution >= 4 is 41.3 Å². The van der Waals surface area contributed by atoms with Crippen molar-refractivity contribution in [2.24, 2.45) is 5.92 Å². The number of aldehydes is 1. The van der Waals surface area contributed by atoms with Crippen molar-refractivity contribution in [3.05, 3.63) is 183 Å². The molecule has 0 bridgehead atoms. The lowest BCUT2D eigenvalue weighted by molar-refractivity contribution is -0.146. The van der Waals surface area contributed by atoms with Crippen LogP contribution >= 0.6 is 11.3 Å². The minimum absolute atomic E-state index is 0.0171. The van der Waals surface area contributed by atoms with Crippen molar-refractivity contribution in [3.8, 4) is 16.9 Å². The van der Waals surface area contributed by atoms with Gasteiger partial charge in [0.05, 0.1) is 24.9 Å². The van der Waals surface area contributed by atoms with Crippen molar-refractivity contribution in [1.82, 2.24) is 15.5 Å². The predicted octanol–water partition coefficient (Wildman–Crippen LogP) is 8.72. The number of amides is 1. The van der Waals surface area contributed by atoms with E-state index in [9.17, 15) is 24.6 Å². The summed E-state index contributed by atoms with van der Waals surface area (Å²) in [5.74, 6) is -0.632. The summed E-state index contributed by atoms with van der Waals surface area (Å²) in [6, 6.07) is 41.0. The van der Waals surface area contributed by atoms with Crippen LogP contribution in [0.3, 0.4) is 0 Å². The highest BCUT2D eigenvalue weighted by molar-refractivity contribution is 7.10. The van der Waals surface area contributed by atoms with Gasteiger partial charge in [0.15, 0.2) is 0 Å². The molecule has 2 heterocycles. The van der Waals surface area contributed by atoms with Crippen LogP contribution in [0.2, 0.25) is 0 Å². The molecule has 5 N–H and O–H groups in total. The van der Waals surface area contributed by atoms with E-state index < -0.39 is 12.0 Å². The van der Waals surface area contributed by atoms with Crippen molar-refractivity contribution < 1.29 is 29.3 Å². The summed E-state index contributed by atoms with van der Waals surface area (Å²) < 4.78 is 6.09. The number of rotatable bonds is 19. The molecular weight excluding hydrogens is 809 g/mol. The van der Waals surface area contributed by atoms with Gasteiger partial charge in [-0.05, 0) is 119 Å². The van der Waals surface area contributed by atoms with E-state index in [2.05, 4.69) is 62.6 Å². The van der Waals surface area contributed by atoms with E-state index in [-0.39, 0.29) is 24.2 Å². The van der Waals surface area contributed by atoms with E-state index in [1.54, 1.807) is 42.7 Å². The van der Waals surface area contributed by atoms with Crippen LogP contribution in [0.5, 0.6) is 5.75 Å². The van der Waals surface area contributed by atoms with E-state index in [4.69, 9.17) is 4.74 Å². The number of aromatic hydroxyl groups is 1. The van der Waals surface area contributed by atoms with E-state index in [0.717, 1.165) is 65.2 Å². The van der Waals surface area contributed by atoms with Crippen LogP contribution in [-0.2, 0) is 34.0 Å². The minimum atomic E-state index is -0.902. The number of aliphatic hydroxyl groups is 1. The Morgan fingerprint density at radius 2 is 1.57 bits per heavy atom. The molecule has 0 radical (unpaired) electrons. The Hall–Kier alpha value is -6.37. The molecule has 1 aliphatic heterocycles. The molecule has 2 unspecified atom stereocenters. The van der Waals surface area contributed by atoms with E-state index in [1.807, 2.05) is 66.7 Å². The van der Waals surface area contributed by atoms with Crippen molar-refractivity contribution in [1.29, 1.82) is 0 Å². The Labute approximate surface area is 373 Å². The molecule has 63 heavy (non-hydrogen) atoms. The maximum absolute atomic E-state index is 13.9. The molecule has 1 aliphatic rings. The molecule has 5 aromatic carbocycles. The molecule has 1 aromatic heterocycles. The van der Waals surface area contributed by atoms with Crippen LogP contribution < -0.4 is 16.0 Å². The van der Waals surface area contributed by atoms with Gasteiger partial charge in [-0.3, -0.25) is 19.3 Å². The number of piperidine rings is 1. The predicted molar refractivity (Wildman–Crippen MR) is 250 cm³/mol. The first-order valence-corrected chi connectivity index (χ1v) is 22.2. The number of nitrogens with zero attached hydrogens (tertiary/aromatic N) is 1. The van der Waals surface area contributed by atoms with E-state index in [0.29, 0.717) is 54.3 Å². The third kappa shape index (κ3) is 12.0. The average Bonchev–Trinajstić information content (AvgIpc) is 3.80. The second-order valence-corrected chi connectivity index (χ2v) is 16.8. The molecule has 1 amide bonds. The number of hydrogen-bond donors (Lipinski definition) is 5. The summed E-state index contributed by atoms with van der Waals surface area (Å²) in [6.07, 6.45) is 4.61. The highest BCUT2D eigenvalue weighted by Crippen LogP contribution is 2.35. The number of ether oxygens (including phenoxy) is 1. The molecular formula is C52H54N4O6S. The van der Waals surface area contributed by atoms with Gasteiger partial charge in [-0.1, -0.05) is 97.1 Å². The number of carbonyl (C=O) groups excluding carboxylic acids is 3. The normalized spacial score (nSPS) is 14.3. The van der Waals surface area contributed by atoms with Crippen LogP contribution in [0.4, 0.5) is 5.69 Å². The molecule has 7 rings (SSSR count). The first-order chi connectivity index (χ1) is 30.8.